The van der Waals surface area contributed by atoms with Crippen molar-refractivity contribution in [2.75, 3.05) is 0 Å². The standard InChI is InChI=1S/C28H26/c1-3-11-23-13-5-7-15-25(23)19-21-27-17-9-10-18-28(27)22-20-26-16-8-6-14-24(26)12-4-2/h3-10,13-22H,1-2,11-12H2/b21-19+,22-20+. The van der Waals surface area contributed by atoms with Crippen molar-refractivity contribution in [3.63, 3.8) is 0 Å². The maximum atomic E-state index is 3.86. The molecule has 0 radical (unpaired) electrons. The van der Waals surface area contributed by atoms with Gasteiger partial charge in [-0.1, -0.05) is 109 Å². The van der Waals surface area contributed by atoms with Gasteiger partial charge in [0.1, 0.15) is 0 Å². The summed E-state index contributed by atoms with van der Waals surface area (Å²) in [5.41, 5.74) is 7.46. The molecule has 0 heteroatoms. The predicted molar refractivity (Wildman–Crippen MR) is 125 cm³/mol. The van der Waals surface area contributed by atoms with Crippen LogP contribution in [0.1, 0.15) is 33.4 Å². The summed E-state index contributed by atoms with van der Waals surface area (Å²) in [6.07, 6.45) is 14.4. The summed E-state index contributed by atoms with van der Waals surface area (Å²) in [6.45, 7) is 7.73. The van der Waals surface area contributed by atoms with Gasteiger partial charge in [-0.3, -0.25) is 0 Å². The molecule has 0 aliphatic rings. The fourth-order valence-electron chi connectivity index (χ4n) is 3.25. The van der Waals surface area contributed by atoms with Crippen LogP contribution in [0.3, 0.4) is 0 Å². The summed E-state index contributed by atoms with van der Waals surface area (Å²) in [7, 11) is 0. The summed E-state index contributed by atoms with van der Waals surface area (Å²) in [4.78, 5) is 0. The molecular formula is C28H26. The number of hydrogen-bond acceptors (Lipinski definition) is 0. The Morgan fingerprint density at radius 2 is 0.786 bits per heavy atom. The molecule has 138 valence electrons. The maximum Gasteiger partial charge on any atom is -0.00942 e. The summed E-state index contributed by atoms with van der Waals surface area (Å²) in [6, 6.07) is 25.4. The number of benzene rings is 3. The highest BCUT2D eigenvalue weighted by Gasteiger charge is 2.00. The lowest BCUT2D eigenvalue weighted by Crippen LogP contribution is -1.87. The molecular weight excluding hydrogens is 336 g/mol. The van der Waals surface area contributed by atoms with Crippen LogP contribution >= 0.6 is 0 Å². The van der Waals surface area contributed by atoms with E-state index in [1.54, 1.807) is 0 Å². The third kappa shape index (κ3) is 5.08. The molecule has 0 saturated heterocycles. The Morgan fingerprint density at radius 3 is 1.18 bits per heavy atom. The van der Waals surface area contributed by atoms with Crippen LogP contribution in [0.15, 0.2) is 98.1 Å². The second-order valence-electron chi connectivity index (χ2n) is 6.68. The van der Waals surface area contributed by atoms with Crippen LogP contribution in [0, 0.1) is 0 Å². The third-order valence-corrected chi connectivity index (χ3v) is 4.72. The van der Waals surface area contributed by atoms with Gasteiger partial charge < -0.3 is 0 Å². The Balaban J connectivity index is 1.88. The maximum absolute atomic E-state index is 3.86. The molecule has 3 aromatic rings. The monoisotopic (exact) mass is 362 g/mol. The van der Waals surface area contributed by atoms with Gasteiger partial charge in [0.15, 0.2) is 0 Å². The van der Waals surface area contributed by atoms with Crippen molar-refractivity contribution in [2.24, 2.45) is 0 Å². The lowest BCUT2D eigenvalue weighted by atomic mass is 10.00. The van der Waals surface area contributed by atoms with E-state index in [9.17, 15) is 0 Å². The van der Waals surface area contributed by atoms with E-state index in [4.69, 9.17) is 0 Å². The van der Waals surface area contributed by atoms with Crippen LogP contribution in [-0.2, 0) is 12.8 Å². The predicted octanol–water partition coefficient (Wildman–Crippen LogP) is 7.48. The summed E-state index contributed by atoms with van der Waals surface area (Å²) in [5.74, 6) is 0. The Morgan fingerprint density at radius 1 is 0.464 bits per heavy atom. The lowest BCUT2D eigenvalue weighted by molar-refractivity contribution is 1.26. The van der Waals surface area contributed by atoms with E-state index in [2.05, 4.69) is 110 Å². The molecule has 0 heterocycles. The third-order valence-electron chi connectivity index (χ3n) is 4.72. The van der Waals surface area contributed by atoms with Crippen molar-refractivity contribution in [3.8, 4) is 0 Å². The van der Waals surface area contributed by atoms with E-state index >= 15 is 0 Å². The smallest absolute Gasteiger partial charge is 0.00942 e. The minimum Gasteiger partial charge on any atom is -0.103 e. The van der Waals surface area contributed by atoms with Crippen molar-refractivity contribution in [3.05, 3.63) is 131 Å². The quantitative estimate of drug-likeness (QED) is 0.288. The van der Waals surface area contributed by atoms with Crippen LogP contribution in [0.2, 0.25) is 0 Å². The minimum atomic E-state index is 0.877. The topological polar surface area (TPSA) is 0 Å². The molecule has 0 spiro atoms. The van der Waals surface area contributed by atoms with Crippen molar-refractivity contribution < 1.29 is 0 Å². The van der Waals surface area contributed by atoms with E-state index in [1.807, 2.05) is 12.2 Å². The van der Waals surface area contributed by atoms with Gasteiger partial charge in [0.2, 0.25) is 0 Å². The zero-order valence-corrected chi connectivity index (χ0v) is 16.2. The van der Waals surface area contributed by atoms with Gasteiger partial charge in [0, 0.05) is 0 Å². The van der Waals surface area contributed by atoms with Crippen LogP contribution < -0.4 is 0 Å². The first-order chi connectivity index (χ1) is 13.8. The Kier molecular flexibility index (Phi) is 6.98. The normalized spacial score (nSPS) is 11.1. The van der Waals surface area contributed by atoms with Gasteiger partial charge >= 0.3 is 0 Å². The van der Waals surface area contributed by atoms with E-state index in [-0.39, 0.29) is 0 Å². The molecule has 0 aliphatic carbocycles. The molecule has 0 aliphatic heterocycles. The highest BCUT2D eigenvalue weighted by Crippen LogP contribution is 2.20. The first-order valence-corrected chi connectivity index (χ1v) is 9.64. The summed E-state index contributed by atoms with van der Waals surface area (Å²) < 4.78 is 0. The summed E-state index contributed by atoms with van der Waals surface area (Å²) >= 11 is 0. The molecule has 0 unspecified atom stereocenters. The van der Waals surface area contributed by atoms with Gasteiger partial charge in [-0.2, -0.15) is 0 Å². The van der Waals surface area contributed by atoms with E-state index in [0.717, 1.165) is 12.8 Å². The highest BCUT2D eigenvalue weighted by molar-refractivity contribution is 5.80. The molecule has 0 bridgehead atoms. The van der Waals surface area contributed by atoms with E-state index in [0.29, 0.717) is 0 Å². The Labute approximate surface area is 168 Å². The van der Waals surface area contributed by atoms with Gasteiger partial charge in [0.25, 0.3) is 0 Å². The molecule has 3 rings (SSSR count). The Hall–Kier alpha value is -3.38. The van der Waals surface area contributed by atoms with Crippen molar-refractivity contribution in [1.29, 1.82) is 0 Å². The zero-order chi connectivity index (χ0) is 19.6. The molecule has 28 heavy (non-hydrogen) atoms. The second kappa shape index (κ2) is 10.1. The van der Waals surface area contributed by atoms with Gasteiger partial charge in [-0.15, -0.1) is 13.2 Å². The highest BCUT2D eigenvalue weighted by atomic mass is 14.0. The van der Waals surface area contributed by atoms with E-state index in [1.165, 1.54) is 33.4 Å². The SMILES string of the molecule is C=CCc1ccccc1/C=C/c1ccccc1/C=C/c1ccccc1CC=C. The van der Waals surface area contributed by atoms with Crippen LogP contribution in [-0.4, -0.2) is 0 Å². The van der Waals surface area contributed by atoms with Crippen LogP contribution in [0.5, 0.6) is 0 Å². The molecule has 0 amide bonds. The number of hydrogen-bond donors (Lipinski definition) is 0. The fraction of sp³-hybridized carbons (Fsp3) is 0.0714. The molecule has 0 saturated carbocycles. The Bertz CT molecular complexity index is 919. The van der Waals surface area contributed by atoms with Gasteiger partial charge in [-0.25, -0.2) is 0 Å². The first-order valence-electron chi connectivity index (χ1n) is 9.64. The molecule has 0 atom stereocenters. The van der Waals surface area contributed by atoms with Gasteiger partial charge in [-0.05, 0) is 46.2 Å². The van der Waals surface area contributed by atoms with Crippen LogP contribution in [0.4, 0.5) is 0 Å². The average Bonchev–Trinajstić information content (AvgIpc) is 2.73. The van der Waals surface area contributed by atoms with E-state index < -0.39 is 0 Å². The van der Waals surface area contributed by atoms with Crippen LogP contribution in [0.25, 0.3) is 24.3 Å². The lowest BCUT2D eigenvalue weighted by Gasteiger charge is -2.05. The largest absolute Gasteiger partial charge is 0.103 e. The zero-order valence-electron chi connectivity index (χ0n) is 16.2. The van der Waals surface area contributed by atoms with Gasteiger partial charge in [0.05, 0.1) is 0 Å². The molecule has 0 nitrogen and oxygen atoms in total. The summed E-state index contributed by atoms with van der Waals surface area (Å²) in [5, 5.41) is 0. The fourth-order valence-corrected chi connectivity index (χ4v) is 3.25. The van der Waals surface area contributed by atoms with Crippen molar-refractivity contribution in [1.82, 2.24) is 0 Å². The molecule has 0 aromatic heterocycles. The second-order valence-corrected chi connectivity index (χ2v) is 6.68. The minimum absolute atomic E-state index is 0.877. The molecule has 0 N–H and O–H groups in total. The molecule has 3 aromatic carbocycles. The first kappa shape index (κ1) is 19.4. The number of allylic oxidation sites excluding steroid dienone is 2. The molecule has 0 fully saturated rings. The van der Waals surface area contributed by atoms with Crippen molar-refractivity contribution in [2.45, 2.75) is 12.8 Å². The number of rotatable bonds is 8. The van der Waals surface area contributed by atoms with Crippen molar-refractivity contribution >= 4 is 24.3 Å². The average molecular weight is 363 g/mol.